The maximum atomic E-state index is 10.3. The van der Waals surface area contributed by atoms with Crippen molar-refractivity contribution >= 4 is 43.6 Å². The second-order valence-electron chi connectivity index (χ2n) is 2.28. The largest absolute Gasteiger partial charge is 0.269 e. The number of rotatable bonds is 2. The standard InChI is InChI=1S/C8H5Br2NO2/c9-8(10)5-6-1-3-7(4-2-6)11(12)13/h1-5H. The van der Waals surface area contributed by atoms with Gasteiger partial charge < -0.3 is 0 Å². The smallest absolute Gasteiger partial charge is 0.258 e. The molecule has 0 aliphatic carbocycles. The van der Waals surface area contributed by atoms with Gasteiger partial charge in [-0.05, 0) is 55.6 Å². The Labute approximate surface area is 91.9 Å². The first kappa shape index (κ1) is 10.4. The Hall–Kier alpha value is -0.680. The molecule has 0 bridgehead atoms. The van der Waals surface area contributed by atoms with E-state index in [0.29, 0.717) is 0 Å². The van der Waals surface area contributed by atoms with E-state index in [1.165, 1.54) is 12.1 Å². The molecule has 0 fully saturated rings. The molecule has 0 amide bonds. The van der Waals surface area contributed by atoms with Crippen LogP contribution in [0.15, 0.2) is 27.7 Å². The van der Waals surface area contributed by atoms with Gasteiger partial charge in [-0.3, -0.25) is 10.1 Å². The van der Waals surface area contributed by atoms with E-state index in [0.717, 1.165) is 8.96 Å². The Balaban J connectivity index is 2.94. The Bertz CT molecular complexity index is 342. The zero-order chi connectivity index (χ0) is 9.84. The maximum Gasteiger partial charge on any atom is 0.269 e. The molecule has 0 heterocycles. The third-order valence-electron chi connectivity index (χ3n) is 1.38. The minimum atomic E-state index is -0.420. The fourth-order valence-corrected chi connectivity index (χ4v) is 1.35. The Kier molecular flexibility index (Phi) is 3.62. The molecule has 0 aromatic heterocycles. The summed E-state index contributed by atoms with van der Waals surface area (Å²) in [7, 11) is 0. The molecular weight excluding hydrogens is 302 g/mol. The van der Waals surface area contributed by atoms with Crippen molar-refractivity contribution in [1.82, 2.24) is 0 Å². The van der Waals surface area contributed by atoms with Crippen LogP contribution in [-0.2, 0) is 0 Å². The highest BCUT2D eigenvalue weighted by Gasteiger charge is 2.02. The zero-order valence-corrected chi connectivity index (χ0v) is 9.58. The summed E-state index contributed by atoms with van der Waals surface area (Å²) < 4.78 is 0.800. The van der Waals surface area contributed by atoms with Crippen molar-refractivity contribution in [1.29, 1.82) is 0 Å². The second-order valence-corrected chi connectivity index (χ2v) is 5.06. The number of nitrogens with zero attached hydrogens (tertiary/aromatic N) is 1. The molecule has 0 radical (unpaired) electrons. The van der Waals surface area contributed by atoms with Crippen molar-refractivity contribution in [3.63, 3.8) is 0 Å². The quantitative estimate of drug-likeness (QED) is 0.618. The van der Waals surface area contributed by atoms with E-state index >= 15 is 0 Å². The molecule has 1 rings (SSSR count). The van der Waals surface area contributed by atoms with Gasteiger partial charge in [-0.1, -0.05) is 0 Å². The molecule has 1 aromatic carbocycles. The second kappa shape index (κ2) is 4.53. The molecular formula is C8H5Br2NO2. The van der Waals surface area contributed by atoms with Crippen molar-refractivity contribution in [2.24, 2.45) is 0 Å². The third-order valence-corrected chi connectivity index (χ3v) is 1.84. The summed E-state index contributed by atoms with van der Waals surface area (Å²) in [5.74, 6) is 0. The molecule has 0 spiro atoms. The van der Waals surface area contributed by atoms with E-state index in [1.54, 1.807) is 12.1 Å². The van der Waals surface area contributed by atoms with Gasteiger partial charge in [0.05, 0.1) is 8.31 Å². The number of hydrogen-bond donors (Lipinski definition) is 0. The van der Waals surface area contributed by atoms with Crippen LogP contribution in [0.25, 0.3) is 6.08 Å². The van der Waals surface area contributed by atoms with Crippen LogP contribution in [0.5, 0.6) is 0 Å². The lowest BCUT2D eigenvalue weighted by Crippen LogP contribution is -1.86. The van der Waals surface area contributed by atoms with Gasteiger partial charge >= 0.3 is 0 Å². The van der Waals surface area contributed by atoms with Crippen LogP contribution < -0.4 is 0 Å². The van der Waals surface area contributed by atoms with Gasteiger partial charge in [0.25, 0.3) is 5.69 Å². The highest BCUT2D eigenvalue weighted by Crippen LogP contribution is 2.19. The van der Waals surface area contributed by atoms with E-state index < -0.39 is 4.92 Å². The number of nitro benzene ring substituents is 1. The molecule has 0 N–H and O–H groups in total. The number of hydrogen-bond acceptors (Lipinski definition) is 2. The highest BCUT2D eigenvalue weighted by atomic mass is 79.9. The van der Waals surface area contributed by atoms with Gasteiger partial charge in [0, 0.05) is 12.1 Å². The molecule has 0 aliphatic rings. The van der Waals surface area contributed by atoms with E-state index in [-0.39, 0.29) is 5.69 Å². The molecule has 0 unspecified atom stereocenters. The van der Waals surface area contributed by atoms with E-state index in [9.17, 15) is 10.1 Å². The summed E-state index contributed by atoms with van der Waals surface area (Å²) in [5.41, 5.74) is 0.997. The van der Waals surface area contributed by atoms with Crippen LogP contribution >= 0.6 is 31.9 Å². The third kappa shape index (κ3) is 3.28. The zero-order valence-electron chi connectivity index (χ0n) is 6.41. The Morgan fingerprint density at radius 1 is 1.31 bits per heavy atom. The molecule has 0 atom stereocenters. The molecule has 0 aliphatic heterocycles. The van der Waals surface area contributed by atoms with Crippen LogP contribution in [0.3, 0.4) is 0 Å². The summed E-state index contributed by atoms with van der Waals surface area (Å²) in [6.45, 7) is 0. The van der Waals surface area contributed by atoms with Crippen molar-refractivity contribution < 1.29 is 4.92 Å². The fraction of sp³-hybridized carbons (Fsp3) is 0. The molecule has 5 heteroatoms. The summed E-state index contributed by atoms with van der Waals surface area (Å²) in [4.78, 5) is 9.89. The van der Waals surface area contributed by atoms with Crippen LogP contribution in [-0.4, -0.2) is 4.92 Å². The van der Waals surface area contributed by atoms with Crippen LogP contribution in [0.1, 0.15) is 5.56 Å². The van der Waals surface area contributed by atoms with Crippen LogP contribution in [0.4, 0.5) is 5.69 Å². The average molecular weight is 307 g/mol. The minimum Gasteiger partial charge on any atom is -0.258 e. The number of nitro groups is 1. The van der Waals surface area contributed by atoms with Gasteiger partial charge in [-0.15, -0.1) is 0 Å². The SMILES string of the molecule is O=[N+]([O-])c1ccc(C=C(Br)Br)cc1. The molecule has 13 heavy (non-hydrogen) atoms. The number of benzene rings is 1. The first-order chi connectivity index (χ1) is 6.09. The number of halogens is 2. The van der Waals surface area contributed by atoms with Gasteiger partial charge in [-0.25, -0.2) is 0 Å². The van der Waals surface area contributed by atoms with Crippen molar-refractivity contribution in [2.75, 3.05) is 0 Å². The number of non-ortho nitro benzene ring substituents is 1. The summed E-state index contributed by atoms with van der Waals surface area (Å²) in [6, 6.07) is 6.30. The summed E-state index contributed by atoms with van der Waals surface area (Å²) >= 11 is 6.40. The van der Waals surface area contributed by atoms with Gasteiger partial charge in [0.1, 0.15) is 0 Å². The first-order valence-corrected chi connectivity index (χ1v) is 4.95. The normalized spacial score (nSPS) is 9.38. The lowest BCUT2D eigenvalue weighted by Gasteiger charge is -1.93. The summed E-state index contributed by atoms with van der Waals surface area (Å²) in [5, 5.41) is 10.3. The molecule has 68 valence electrons. The monoisotopic (exact) mass is 305 g/mol. The molecule has 0 saturated carbocycles. The predicted molar refractivity (Wildman–Crippen MR) is 58.9 cm³/mol. The molecule has 0 saturated heterocycles. The Morgan fingerprint density at radius 2 is 1.85 bits per heavy atom. The lowest BCUT2D eigenvalue weighted by molar-refractivity contribution is -0.384. The van der Waals surface area contributed by atoms with Gasteiger partial charge in [-0.2, -0.15) is 0 Å². The van der Waals surface area contributed by atoms with Gasteiger partial charge in [0.15, 0.2) is 0 Å². The first-order valence-electron chi connectivity index (χ1n) is 3.37. The average Bonchev–Trinajstić information content (AvgIpc) is 2.04. The van der Waals surface area contributed by atoms with Crippen LogP contribution in [0.2, 0.25) is 0 Å². The topological polar surface area (TPSA) is 43.1 Å². The van der Waals surface area contributed by atoms with Crippen molar-refractivity contribution in [3.8, 4) is 0 Å². The molecule has 1 aromatic rings. The predicted octanol–water partition coefficient (Wildman–Crippen LogP) is 3.68. The minimum absolute atomic E-state index is 0.0999. The van der Waals surface area contributed by atoms with E-state index in [2.05, 4.69) is 31.9 Å². The molecule has 3 nitrogen and oxygen atoms in total. The van der Waals surface area contributed by atoms with Crippen LogP contribution in [0, 0.1) is 10.1 Å². The van der Waals surface area contributed by atoms with E-state index in [4.69, 9.17) is 0 Å². The Morgan fingerprint density at radius 3 is 2.23 bits per heavy atom. The maximum absolute atomic E-state index is 10.3. The van der Waals surface area contributed by atoms with Crippen molar-refractivity contribution in [2.45, 2.75) is 0 Å². The lowest BCUT2D eigenvalue weighted by atomic mass is 10.2. The highest BCUT2D eigenvalue weighted by molar-refractivity contribution is 9.28. The fourth-order valence-electron chi connectivity index (χ4n) is 0.818. The van der Waals surface area contributed by atoms with E-state index in [1.807, 2.05) is 6.08 Å². The van der Waals surface area contributed by atoms with Gasteiger partial charge in [0.2, 0.25) is 0 Å². The van der Waals surface area contributed by atoms with Crippen molar-refractivity contribution in [3.05, 3.63) is 43.3 Å². The summed E-state index contributed by atoms with van der Waals surface area (Å²) in [6.07, 6.45) is 1.81.